The van der Waals surface area contributed by atoms with Crippen LogP contribution in [0.3, 0.4) is 0 Å². The second-order valence-electron chi connectivity index (χ2n) is 4.02. The van der Waals surface area contributed by atoms with Crippen LogP contribution in [0.25, 0.3) is 0 Å². The zero-order valence-corrected chi connectivity index (χ0v) is 11.8. The van der Waals surface area contributed by atoms with Gasteiger partial charge in [0.2, 0.25) is 5.91 Å². The highest BCUT2D eigenvalue weighted by Crippen LogP contribution is 2.18. The van der Waals surface area contributed by atoms with Crippen molar-refractivity contribution in [2.75, 3.05) is 18.6 Å². The second-order valence-corrected chi connectivity index (χ2v) is 4.89. The summed E-state index contributed by atoms with van der Waals surface area (Å²) in [6.07, 6.45) is 2.06. The Morgan fingerprint density at radius 1 is 1.37 bits per heavy atom. The van der Waals surface area contributed by atoms with Crippen molar-refractivity contribution in [1.29, 1.82) is 0 Å². The van der Waals surface area contributed by atoms with Crippen LogP contribution in [-0.4, -0.2) is 24.5 Å². The summed E-state index contributed by atoms with van der Waals surface area (Å²) in [5.41, 5.74) is 0.969. The summed E-state index contributed by atoms with van der Waals surface area (Å²) in [6, 6.07) is 7.60. The second kappa shape index (κ2) is 6.33. The molecule has 19 heavy (non-hydrogen) atoms. The normalized spacial score (nSPS) is 10.2. The van der Waals surface area contributed by atoms with Crippen LogP contribution in [0.1, 0.15) is 12.5 Å². The van der Waals surface area contributed by atoms with Crippen LogP contribution < -0.4 is 9.64 Å². The van der Waals surface area contributed by atoms with E-state index in [1.54, 1.807) is 18.1 Å². The van der Waals surface area contributed by atoms with E-state index in [0.29, 0.717) is 13.0 Å². The molecule has 0 bridgehead atoms. The molecule has 0 unspecified atom stereocenters. The van der Waals surface area contributed by atoms with Crippen LogP contribution in [0.4, 0.5) is 5.13 Å². The van der Waals surface area contributed by atoms with Gasteiger partial charge in [-0.3, -0.25) is 9.69 Å². The van der Waals surface area contributed by atoms with Gasteiger partial charge < -0.3 is 4.74 Å². The quantitative estimate of drug-likeness (QED) is 0.843. The summed E-state index contributed by atoms with van der Waals surface area (Å²) in [7, 11) is 1.75. The van der Waals surface area contributed by atoms with E-state index in [0.717, 1.165) is 16.4 Å². The Morgan fingerprint density at radius 2 is 2.11 bits per heavy atom. The van der Waals surface area contributed by atoms with E-state index in [9.17, 15) is 4.79 Å². The average Bonchev–Trinajstić information content (AvgIpc) is 2.94. The Kier molecular flexibility index (Phi) is 4.52. The van der Waals surface area contributed by atoms with E-state index in [-0.39, 0.29) is 5.91 Å². The van der Waals surface area contributed by atoms with Crippen LogP contribution in [0, 0.1) is 0 Å². The van der Waals surface area contributed by atoms with E-state index in [1.165, 1.54) is 11.3 Å². The zero-order chi connectivity index (χ0) is 13.7. The van der Waals surface area contributed by atoms with Crippen LogP contribution in [0.5, 0.6) is 5.75 Å². The topological polar surface area (TPSA) is 42.4 Å². The van der Waals surface area contributed by atoms with Crippen molar-refractivity contribution in [2.45, 2.75) is 13.3 Å². The highest BCUT2D eigenvalue weighted by molar-refractivity contribution is 7.13. The summed E-state index contributed by atoms with van der Waals surface area (Å²) in [5, 5.41) is 2.58. The maximum absolute atomic E-state index is 12.1. The molecule has 0 fully saturated rings. The minimum absolute atomic E-state index is 0.0270. The van der Waals surface area contributed by atoms with E-state index >= 15 is 0 Å². The molecule has 0 saturated carbocycles. The molecule has 2 aromatic rings. The van der Waals surface area contributed by atoms with E-state index in [2.05, 4.69) is 4.98 Å². The molecule has 0 aliphatic carbocycles. The zero-order valence-electron chi connectivity index (χ0n) is 11.0. The highest BCUT2D eigenvalue weighted by atomic mass is 32.1. The standard InChI is InChI=1S/C14H16N2O2S/c1-3-18-12-6-4-11(5-7-12)10-13(17)16(2)14-15-8-9-19-14/h4-9H,3,10H2,1-2H3. The number of nitrogens with zero attached hydrogens (tertiary/aromatic N) is 2. The van der Waals surface area contributed by atoms with Gasteiger partial charge in [-0.1, -0.05) is 12.1 Å². The maximum atomic E-state index is 12.1. The molecule has 0 saturated heterocycles. The van der Waals surface area contributed by atoms with E-state index in [1.807, 2.05) is 36.6 Å². The van der Waals surface area contributed by atoms with Gasteiger partial charge >= 0.3 is 0 Å². The Hall–Kier alpha value is -1.88. The van der Waals surface area contributed by atoms with Crippen molar-refractivity contribution in [3.63, 3.8) is 0 Å². The number of ether oxygens (including phenoxy) is 1. The van der Waals surface area contributed by atoms with Gasteiger partial charge in [0.05, 0.1) is 13.0 Å². The molecule has 1 amide bonds. The number of hydrogen-bond donors (Lipinski definition) is 0. The summed E-state index contributed by atoms with van der Waals surface area (Å²) in [5.74, 6) is 0.853. The monoisotopic (exact) mass is 276 g/mol. The highest BCUT2D eigenvalue weighted by Gasteiger charge is 2.13. The number of benzene rings is 1. The maximum Gasteiger partial charge on any atom is 0.232 e. The molecule has 0 aliphatic rings. The number of carbonyl (C=O) groups excluding carboxylic acids is 1. The van der Waals surface area contributed by atoms with Crippen molar-refractivity contribution >= 4 is 22.4 Å². The molecule has 1 aromatic heterocycles. The number of hydrogen-bond acceptors (Lipinski definition) is 4. The molecule has 1 aromatic carbocycles. The van der Waals surface area contributed by atoms with E-state index in [4.69, 9.17) is 4.74 Å². The lowest BCUT2D eigenvalue weighted by molar-refractivity contribution is -0.117. The number of thiazole rings is 1. The predicted molar refractivity (Wildman–Crippen MR) is 76.8 cm³/mol. The minimum atomic E-state index is 0.0270. The molecule has 0 spiro atoms. The Bertz CT molecular complexity index is 523. The predicted octanol–water partition coefficient (Wildman–Crippen LogP) is 2.75. The lowest BCUT2D eigenvalue weighted by atomic mass is 10.1. The third kappa shape index (κ3) is 3.54. The molecule has 0 radical (unpaired) electrons. The van der Waals surface area contributed by atoms with Gasteiger partial charge in [0.15, 0.2) is 5.13 Å². The van der Waals surface area contributed by atoms with Gasteiger partial charge in [-0.05, 0) is 24.6 Å². The van der Waals surface area contributed by atoms with Crippen LogP contribution in [0.2, 0.25) is 0 Å². The Balaban J connectivity index is 1.98. The first kappa shape index (κ1) is 13.5. The van der Waals surface area contributed by atoms with Gasteiger partial charge in [0.1, 0.15) is 5.75 Å². The van der Waals surface area contributed by atoms with Crippen LogP contribution in [0.15, 0.2) is 35.8 Å². The fourth-order valence-corrected chi connectivity index (χ4v) is 2.28. The number of anilines is 1. The molecular formula is C14H16N2O2S. The molecule has 2 rings (SSSR count). The molecular weight excluding hydrogens is 260 g/mol. The SMILES string of the molecule is CCOc1ccc(CC(=O)N(C)c2nccs2)cc1. The van der Waals surface area contributed by atoms with E-state index < -0.39 is 0 Å². The van der Waals surface area contributed by atoms with Gasteiger partial charge in [-0.2, -0.15) is 0 Å². The first-order valence-corrected chi connectivity index (χ1v) is 6.96. The van der Waals surface area contributed by atoms with Gasteiger partial charge in [0.25, 0.3) is 0 Å². The molecule has 1 heterocycles. The third-order valence-corrected chi connectivity index (χ3v) is 3.52. The van der Waals surface area contributed by atoms with Gasteiger partial charge in [-0.25, -0.2) is 4.98 Å². The Labute approximate surface area is 116 Å². The summed E-state index contributed by atoms with van der Waals surface area (Å²) in [4.78, 5) is 17.8. The molecule has 100 valence electrons. The molecule has 4 nitrogen and oxygen atoms in total. The molecule has 5 heteroatoms. The van der Waals surface area contributed by atoms with Crippen LogP contribution in [-0.2, 0) is 11.2 Å². The summed E-state index contributed by atoms with van der Waals surface area (Å²) < 4.78 is 5.37. The minimum Gasteiger partial charge on any atom is -0.494 e. The van der Waals surface area contributed by atoms with Gasteiger partial charge in [-0.15, -0.1) is 11.3 Å². The fraction of sp³-hybridized carbons (Fsp3) is 0.286. The molecule has 0 atom stereocenters. The third-order valence-electron chi connectivity index (χ3n) is 2.67. The van der Waals surface area contributed by atoms with Crippen molar-refractivity contribution in [2.24, 2.45) is 0 Å². The van der Waals surface area contributed by atoms with Crippen molar-refractivity contribution < 1.29 is 9.53 Å². The largest absolute Gasteiger partial charge is 0.494 e. The molecule has 0 N–H and O–H groups in total. The number of rotatable bonds is 5. The van der Waals surface area contributed by atoms with Gasteiger partial charge in [0, 0.05) is 18.6 Å². The number of aromatic nitrogens is 1. The summed E-state index contributed by atoms with van der Waals surface area (Å²) in [6.45, 7) is 2.59. The van der Waals surface area contributed by atoms with Crippen molar-refractivity contribution in [3.05, 3.63) is 41.4 Å². The lowest BCUT2D eigenvalue weighted by Gasteiger charge is -2.13. The number of carbonyl (C=O) groups is 1. The average molecular weight is 276 g/mol. The van der Waals surface area contributed by atoms with Crippen molar-refractivity contribution in [1.82, 2.24) is 4.98 Å². The first-order valence-electron chi connectivity index (χ1n) is 6.08. The number of amides is 1. The Morgan fingerprint density at radius 3 is 2.68 bits per heavy atom. The fourth-order valence-electron chi connectivity index (χ4n) is 1.65. The lowest BCUT2D eigenvalue weighted by Crippen LogP contribution is -2.27. The van der Waals surface area contributed by atoms with Crippen molar-refractivity contribution in [3.8, 4) is 5.75 Å². The smallest absolute Gasteiger partial charge is 0.232 e. The number of likely N-dealkylation sites (N-methyl/N-ethyl adjacent to an activating group) is 1. The molecule has 0 aliphatic heterocycles. The summed E-state index contributed by atoms with van der Waals surface area (Å²) >= 11 is 1.45. The van der Waals surface area contributed by atoms with Crippen LogP contribution >= 0.6 is 11.3 Å². The first-order chi connectivity index (χ1) is 9.20.